The van der Waals surface area contributed by atoms with Gasteiger partial charge < -0.3 is 20.1 Å². The van der Waals surface area contributed by atoms with Crippen molar-refractivity contribution in [1.82, 2.24) is 4.57 Å². The molecule has 3 N–H and O–H groups in total. The highest BCUT2D eigenvalue weighted by Gasteiger charge is 2.22. The minimum Gasteiger partial charge on any atom is -0.478 e. The highest BCUT2D eigenvalue weighted by Crippen LogP contribution is 2.29. The number of esters is 1. The van der Waals surface area contributed by atoms with Gasteiger partial charge in [0, 0.05) is 11.9 Å². The van der Waals surface area contributed by atoms with Gasteiger partial charge in [0.15, 0.2) is 5.69 Å². The number of hydrogen-bond donors (Lipinski definition) is 2. The molecule has 1 heterocycles. The third-order valence-electron chi connectivity index (χ3n) is 4.14. The lowest BCUT2D eigenvalue weighted by Gasteiger charge is -2.11. The molecule has 0 aliphatic rings. The molecule has 7 heteroatoms. The van der Waals surface area contributed by atoms with E-state index in [2.05, 4.69) is 0 Å². The summed E-state index contributed by atoms with van der Waals surface area (Å²) < 4.78 is 6.24. The van der Waals surface area contributed by atoms with Crippen molar-refractivity contribution in [1.29, 1.82) is 5.26 Å². The summed E-state index contributed by atoms with van der Waals surface area (Å²) in [5.74, 6) is -1.71. The van der Waals surface area contributed by atoms with Crippen LogP contribution in [-0.2, 0) is 4.74 Å². The number of nitrogens with two attached hydrogens (primary N) is 1. The number of aromatic nitrogens is 1. The number of benzene rings is 2. The van der Waals surface area contributed by atoms with E-state index in [1.54, 1.807) is 42.5 Å². The highest BCUT2D eigenvalue weighted by molar-refractivity contribution is 5.97. The Labute approximate surface area is 154 Å². The molecule has 7 nitrogen and oxygen atoms in total. The standard InChI is InChI=1S/C20H15N3O4/c1-27-20(26)18-17(22)13(10-21)11-23(18)14-6-4-5-12(9-14)15-7-2-3-8-16(15)19(24)25/h2-9,11H,22H2,1H3,(H,24,25). The number of carbonyl (C=O) groups is 2. The van der Waals surface area contributed by atoms with Gasteiger partial charge in [-0.3, -0.25) is 0 Å². The van der Waals surface area contributed by atoms with Gasteiger partial charge in [-0.2, -0.15) is 5.26 Å². The van der Waals surface area contributed by atoms with E-state index in [9.17, 15) is 20.0 Å². The zero-order valence-electron chi connectivity index (χ0n) is 14.3. The lowest BCUT2D eigenvalue weighted by atomic mass is 9.99. The molecule has 0 saturated heterocycles. The number of rotatable bonds is 4. The molecule has 0 fully saturated rings. The van der Waals surface area contributed by atoms with Crippen molar-refractivity contribution >= 4 is 17.6 Å². The topological polar surface area (TPSA) is 118 Å². The molecule has 3 aromatic rings. The summed E-state index contributed by atoms with van der Waals surface area (Å²) in [6.07, 6.45) is 1.45. The van der Waals surface area contributed by atoms with Crippen LogP contribution >= 0.6 is 0 Å². The molecule has 0 radical (unpaired) electrons. The Morgan fingerprint density at radius 1 is 1.19 bits per heavy atom. The van der Waals surface area contributed by atoms with E-state index in [1.165, 1.54) is 23.9 Å². The molecule has 0 amide bonds. The molecule has 0 saturated carbocycles. The number of anilines is 1. The minimum atomic E-state index is -1.04. The second-order valence-corrected chi connectivity index (χ2v) is 5.68. The van der Waals surface area contributed by atoms with Crippen molar-refractivity contribution in [3.05, 3.63) is 71.5 Å². The SMILES string of the molecule is COC(=O)c1c(N)c(C#N)cn1-c1cccc(-c2ccccc2C(=O)O)c1. The highest BCUT2D eigenvalue weighted by atomic mass is 16.5. The number of aromatic carboxylic acids is 1. The van der Waals surface area contributed by atoms with Crippen LogP contribution in [0.3, 0.4) is 0 Å². The predicted octanol–water partition coefficient (Wildman–Crippen LogP) is 3.08. The Morgan fingerprint density at radius 2 is 1.93 bits per heavy atom. The molecule has 0 bridgehead atoms. The summed E-state index contributed by atoms with van der Waals surface area (Å²) >= 11 is 0. The maximum atomic E-state index is 12.1. The number of carboxylic acids is 1. The minimum absolute atomic E-state index is 0.0284. The van der Waals surface area contributed by atoms with E-state index in [0.717, 1.165) is 0 Å². The molecular weight excluding hydrogens is 346 g/mol. The van der Waals surface area contributed by atoms with Gasteiger partial charge in [-0.05, 0) is 29.3 Å². The van der Waals surface area contributed by atoms with Crippen LogP contribution in [0.1, 0.15) is 26.4 Å². The van der Waals surface area contributed by atoms with Crippen LogP contribution in [0.5, 0.6) is 0 Å². The maximum absolute atomic E-state index is 12.1. The smallest absolute Gasteiger partial charge is 0.357 e. The number of carbonyl (C=O) groups excluding carboxylic acids is 1. The molecule has 27 heavy (non-hydrogen) atoms. The molecule has 0 unspecified atom stereocenters. The third kappa shape index (κ3) is 3.12. The lowest BCUT2D eigenvalue weighted by Crippen LogP contribution is -2.11. The van der Waals surface area contributed by atoms with E-state index in [-0.39, 0.29) is 22.5 Å². The van der Waals surface area contributed by atoms with Crippen molar-refractivity contribution in [2.24, 2.45) is 0 Å². The van der Waals surface area contributed by atoms with E-state index < -0.39 is 11.9 Å². The summed E-state index contributed by atoms with van der Waals surface area (Å²) in [4.78, 5) is 23.6. The fourth-order valence-corrected chi connectivity index (χ4v) is 2.86. The van der Waals surface area contributed by atoms with Gasteiger partial charge in [0.2, 0.25) is 0 Å². The predicted molar refractivity (Wildman–Crippen MR) is 98.6 cm³/mol. The number of methoxy groups -OCH3 is 1. The van der Waals surface area contributed by atoms with Crippen LogP contribution in [0.15, 0.2) is 54.7 Å². The molecule has 2 aromatic carbocycles. The summed E-state index contributed by atoms with van der Waals surface area (Å²) in [5.41, 5.74) is 8.02. The Balaban J connectivity index is 2.20. The fourth-order valence-electron chi connectivity index (χ4n) is 2.86. The number of ether oxygens (including phenoxy) is 1. The lowest BCUT2D eigenvalue weighted by molar-refractivity contribution is 0.0592. The van der Waals surface area contributed by atoms with E-state index in [0.29, 0.717) is 16.8 Å². The largest absolute Gasteiger partial charge is 0.478 e. The Kier molecular flexibility index (Phi) is 4.64. The molecule has 0 spiro atoms. The second-order valence-electron chi connectivity index (χ2n) is 5.68. The van der Waals surface area contributed by atoms with Crippen LogP contribution in [0.4, 0.5) is 5.69 Å². The number of nitriles is 1. The van der Waals surface area contributed by atoms with Crippen molar-refractivity contribution in [3.8, 4) is 22.9 Å². The third-order valence-corrected chi connectivity index (χ3v) is 4.14. The summed E-state index contributed by atoms with van der Waals surface area (Å²) in [5, 5.41) is 18.6. The van der Waals surface area contributed by atoms with Crippen LogP contribution < -0.4 is 5.73 Å². The first-order valence-electron chi connectivity index (χ1n) is 7.90. The van der Waals surface area contributed by atoms with E-state index >= 15 is 0 Å². The monoisotopic (exact) mass is 361 g/mol. The molecule has 0 aliphatic heterocycles. The van der Waals surface area contributed by atoms with Crippen molar-refractivity contribution in [2.45, 2.75) is 0 Å². The van der Waals surface area contributed by atoms with Crippen LogP contribution in [0, 0.1) is 11.3 Å². The first-order valence-corrected chi connectivity index (χ1v) is 7.90. The van der Waals surface area contributed by atoms with Crippen LogP contribution in [-0.4, -0.2) is 28.7 Å². The molecule has 0 aliphatic carbocycles. The first kappa shape index (κ1) is 17.8. The van der Waals surface area contributed by atoms with Crippen LogP contribution in [0.2, 0.25) is 0 Å². The molecule has 3 rings (SSSR count). The zero-order valence-corrected chi connectivity index (χ0v) is 14.3. The van der Waals surface area contributed by atoms with Crippen molar-refractivity contribution in [3.63, 3.8) is 0 Å². The average Bonchev–Trinajstić information content (AvgIpc) is 3.03. The van der Waals surface area contributed by atoms with Gasteiger partial charge in [-0.15, -0.1) is 0 Å². The summed E-state index contributed by atoms with van der Waals surface area (Å²) in [6.45, 7) is 0. The second kappa shape index (κ2) is 7.06. The maximum Gasteiger partial charge on any atom is 0.357 e. The van der Waals surface area contributed by atoms with Crippen molar-refractivity contribution < 1.29 is 19.4 Å². The molecule has 0 atom stereocenters. The van der Waals surface area contributed by atoms with E-state index in [4.69, 9.17) is 10.5 Å². The Hall–Kier alpha value is -4.05. The molecule has 134 valence electrons. The molecule has 1 aromatic heterocycles. The quantitative estimate of drug-likeness (QED) is 0.689. The normalized spacial score (nSPS) is 10.2. The fraction of sp³-hybridized carbons (Fsp3) is 0.0500. The number of carboxylic acid groups (broad SMARTS) is 1. The van der Waals surface area contributed by atoms with Gasteiger partial charge in [0.25, 0.3) is 0 Å². The first-order chi connectivity index (χ1) is 13.0. The van der Waals surface area contributed by atoms with Gasteiger partial charge in [-0.1, -0.05) is 30.3 Å². The van der Waals surface area contributed by atoms with Gasteiger partial charge >= 0.3 is 11.9 Å². The number of nitrogens with zero attached hydrogens (tertiary/aromatic N) is 2. The Morgan fingerprint density at radius 3 is 2.59 bits per heavy atom. The van der Waals surface area contributed by atoms with E-state index in [1.807, 2.05) is 6.07 Å². The van der Waals surface area contributed by atoms with Gasteiger partial charge in [-0.25, -0.2) is 9.59 Å². The molecular formula is C20H15N3O4. The van der Waals surface area contributed by atoms with Gasteiger partial charge in [0.1, 0.15) is 6.07 Å². The number of nitrogen functional groups attached to an aromatic ring is 1. The zero-order chi connectivity index (χ0) is 19.6. The average molecular weight is 361 g/mol. The van der Waals surface area contributed by atoms with Gasteiger partial charge in [0.05, 0.1) is 23.9 Å². The summed E-state index contributed by atoms with van der Waals surface area (Å²) in [6, 6.07) is 15.5. The summed E-state index contributed by atoms with van der Waals surface area (Å²) in [7, 11) is 1.23. The number of hydrogen-bond acceptors (Lipinski definition) is 5. The van der Waals surface area contributed by atoms with Crippen LogP contribution in [0.25, 0.3) is 16.8 Å². The van der Waals surface area contributed by atoms with Crippen molar-refractivity contribution in [2.75, 3.05) is 12.8 Å². The Bertz CT molecular complexity index is 1090.